The molecule has 182 valence electrons. The van der Waals surface area contributed by atoms with Gasteiger partial charge < -0.3 is 15.4 Å². The Hall–Kier alpha value is -3.45. The van der Waals surface area contributed by atoms with E-state index in [0.29, 0.717) is 24.5 Å². The van der Waals surface area contributed by atoms with Crippen molar-refractivity contribution in [1.29, 1.82) is 0 Å². The molecule has 0 fully saturated rings. The van der Waals surface area contributed by atoms with Gasteiger partial charge in [-0.25, -0.2) is 9.97 Å². The minimum atomic E-state index is -0.0837. The highest BCUT2D eigenvalue weighted by atomic mass is 32.1. The zero-order valence-electron chi connectivity index (χ0n) is 20.9. The average molecular weight is 489 g/mol. The second kappa shape index (κ2) is 10.4. The number of carbonyl (C=O) groups excluding carboxylic acids is 1. The molecule has 2 aromatic heterocycles. The highest BCUT2D eigenvalue weighted by Crippen LogP contribution is 2.33. The molecule has 0 spiro atoms. The molecule has 6 nitrogen and oxygen atoms in total. The summed E-state index contributed by atoms with van der Waals surface area (Å²) < 4.78 is 5.86. The van der Waals surface area contributed by atoms with E-state index in [2.05, 4.69) is 45.3 Å². The largest absolute Gasteiger partial charge is 0.486 e. The zero-order valence-corrected chi connectivity index (χ0v) is 21.8. The van der Waals surface area contributed by atoms with Crippen molar-refractivity contribution >= 4 is 33.3 Å². The third-order valence-electron chi connectivity index (χ3n) is 5.90. The molecule has 1 amide bonds. The summed E-state index contributed by atoms with van der Waals surface area (Å²) in [5.41, 5.74) is 3.10. The van der Waals surface area contributed by atoms with E-state index in [1.807, 2.05) is 54.6 Å². The molecular formula is C28H32N4O2S. The fourth-order valence-corrected chi connectivity index (χ4v) is 4.78. The Bertz CT molecular complexity index is 1310. The summed E-state index contributed by atoms with van der Waals surface area (Å²) in [6, 6.07) is 17.5. The van der Waals surface area contributed by atoms with E-state index >= 15 is 0 Å². The van der Waals surface area contributed by atoms with Crippen LogP contribution in [0.25, 0.3) is 10.2 Å². The molecule has 2 N–H and O–H groups in total. The number of nitrogens with one attached hydrogen (secondary N) is 2. The number of anilines is 1. The van der Waals surface area contributed by atoms with Crippen LogP contribution in [0, 0.1) is 13.8 Å². The fraction of sp³-hybridized carbons (Fsp3) is 0.321. The molecule has 0 aliphatic rings. The Morgan fingerprint density at radius 2 is 1.69 bits per heavy atom. The van der Waals surface area contributed by atoms with Gasteiger partial charge in [-0.1, -0.05) is 51.1 Å². The summed E-state index contributed by atoms with van der Waals surface area (Å²) in [7, 11) is 0. The SMILES string of the molecule is Cc1sc2nc(COc3ccccc3)nc(NCCNC(=O)c3ccc(C(C)(C)C)cc3)c2c1C. The lowest BCUT2D eigenvalue weighted by atomic mass is 9.87. The number of hydrogen-bond acceptors (Lipinski definition) is 6. The van der Waals surface area contributed by atoms with Gasteiger partial charge in [0.25, 0.3) is 5.91 Å². The van der Waals surface area contributed by atoms with Crippen LogP contribution in [0.2, 0.25) is 0 Å². The first-order valence-electron chi connectivity index (χ1n) is 11.8. The third-order valence-corrected chi connectivity index (χ3v) is 7.00. The molecule has 2 heterocycles. The van der Waals surface area contributed by atoms with Crippen LogP contribution >= 0.6 is 11.3 Å². The predicted molar refractivity (Wildman–Crippen MR) is 144 cm³/mol. The summed E-state index contributed by atoms with van der Waals surface area (Å²) in [4.78, 5) is 24.2. The zero-order chi connectivity index (χ0) is 25.0. The van der Waals surface area contributed by atoms with E-state index in [9.17, 15) is 4.79 Å². The number of ether oxygens (including phenoxy) is 1. The van der Waals surface area contributed by atoms with Crippen molar-refractivity contribution in [1.82, 2.24) is 15.3 Å². The number of hydrogen-bond donors (Lipinski definition) is 2. The van der Waals surface area contributed by atoms with Crippen LogP contribution in [0.5, 0.6) is 5.75 Å². The van der Waals surface area contributed by atoms with E-state index in [-0.39, 0.29) is 17.9 Å². The molecule has 0 saturated heterocycles. The second-order valence-corrected chi connectivity index (χ2v) is 10.8. The van der Waals surface area contributed by atoms with E-state index in [4.69, 9.17) is 14.7 Å². The van der Waals surface area contributed by atoms with Crippen molar-refractivity contribution in [3.05, 3.63) is 82.0 Å². The fourth-order valence-electron chi connectivity index (χ4n) is 3.73. The summed E-state index contributed by atoms with van der Waals surface area (Å²) in [6.45, 7) is 12.0. The molecule has 4 rings (SSSR count). The summed E-state index contributed by atoms with van der Waals surface area (Å²) >= 11 is 1.66. The van der Waals surface area contributed by atoms with E-state index in [0.717, 1.165) is 21.8 Å². The topological polar surface area (TPSA) is 76.1 Å². The maximum Gasteiger partial charge on any atom is 0.251 e. The van der Waals surface area contributed by atoms with Gasteiger partial charge in [0.05, 0.1) is 5.39 Å². The highest BCUT2D eigenvalue weighted by molar-refractivity contribution is 7.18. The van der Waals surface area contributed by atoms with Crippen LogP contribution in [0.4, 0.5) is 5.82 Å². The van der Waals surface area contributed by atoms with Crippen LogP contribution in [0.1, 0.15) is 53.0 Å². The Kier molecular flexibility index (Phi) is 7.36. The number of benzene rings is 2. The molecule has 4 aromatic rings. The smallest absolute Gasteiger partial charge is 0.251 e. The van der Waals surface area contributed by atoms with Gasteiger partial charge in [0, 0.05) is 23.5 Å². The van der Waals surface area contributed by atoms with Crippen LogP contribution in [-0.4, -0.2) is 29.0 Å². The Balaban J connectivity index is 1.41. The van der Waals surface area contributed by atoms with Crippen molar-refractivity contribution in [2.75, 3.05) is 18.4 Å². The lowest BCUT2D eigenvalue weighted by Crippen LogP contribution is -2.29. The van der Waals surface area contributed by atoms with Gasteiger partial charge in [-0.2, -0.15) is 0 Å². The number of para-hydroxylation sites is 1. The average Bonchev–Trinajstić information content (AvgIpc) is 3.13. The van der Waals surface area contributed by atoms with Crippen LogP contribution in [0.15, 0.2) is 54.6 Å². The number of nitrogens with zero attached hydrogens (tertiary/aromatic N) is 2. The molecule has 0 atom stereocenters. The van der Waals surface area contributed by atoms with Crippen molar-refractivity contribution in [2.24, 2.45) is 0 Å². The highest BCUT2D eigenvalue weighted by Gasteiger charge is 2.16. The normalized spacial score (nSPS) is 11.5. The predicted octanol–water partition coefficient (Wildman–Crippen LogP) is 6.03. The second-order valence-electron chi connectivity index (χ2n) is 9.56. The standard InChI is InChI=1S/C28H32N4O2S/c1-18-19(2)35-27-24(18)25(31-23(32-27)17-34-22-9-7-6-8-10-22)29-15-16-30-26(33)20-11-13-21(14-12-20)28(3,4)5/h6-14H,15-17H2,1-5H3,(H,30,33)(H,29,31,32). The van der Waals surface area contributed by atoms with Crippen LogP contribution < -0.4 is 15.4 Å². The maximum absolute atomic E-state index is 12.6. The summed E-state index contributed by atoms with van der Waals surface area (Å²) in [6.07, 6.45) is 0. The van der Waals surface area contributed by atoms with Crippen LogP contribution in [-0.2, 0) is 12.0 Å². The van der Waals surface area contributed by atoms with Crippen LogP contribution in [0.3, 0.4) is 0 Å². The lowest BCUT2D eigenvalue weighted by molar-refractivity contribution is 0.0955. The van der Waals surface area contributed by atoms with E-state index in [1.54, 1.807) is 11.3 Å². The maximum atomic E-state index is 12.6. The lowest BCUT2D eigenvalue weighted by Gasteiger charge is -2.19. The number of thiophene rings is 1. The molecule has 2 aromatic carbocycles. The molecule has 0 unspecified atom stereocenters. The molecular weight excluding hydrogens is 456 g/mol. The molecule has 0 aliphatic carbocycles. The minimum Gasteiger partial charge on any atom is -0.486 e. The molecule has 0 bridgehead atoms. The van der Waals surface area contributed by atoms with E-state index in [1.165, 1.54) is 16.0 Å². The number of aryl methyl sites for hydroxylation is 2. The molecule has 0 saturated carbocycles. The Labute approximate surface area is 210 Å². The first-order valence-corrected chi connectivity index (χ1v) is 12.6. The van der Waals surface area contributed by atoms with Crippen molar-refractivity contribution < 1.29 is 9.53 Å². The van der Waals surface area contributed by atoms with E-state index < -0.39 is 0 Å². The van der Waals surface area contributed by atoms with Gasteiger partial charge in [0.1, 0.15) is 23.0 Å². The van der Waals surface area contributed by atoms with Gasteiger partial charge in [-0.3, -0.25) is 4.79 Å². The Morgan fingerprint density at radius 1 is 0.971 bits per heavy atom. The van der Waals surface area contributed by atoms with Crippen molar-refractivity contribution in [3.63, 3.8) is 0 Å². The van der Waals surface area contributed by atoms with Gasteiger partial charge in [0.15, 0.2) is 5.82 Å². The van der Waals surface area contributed by atoms with Crippen molar-refractivity contribution in [3.8, 4) is 5.75 Å². The minimum absolute atomic E-state index is 0.0604. The molecule has 35 heavy (non-hydrogen) atoms. The molecule has 0 aliphatic heterocycles. The number of aromatic nitrogens is 2. The number of amides is 1. The summed E-state index contributed by atoms with van der Waals surface area (Å²) in [5.74, 6) is 2.09. The summed E-state index contributed by atoms with van der Waals surface area (Å²) in [5, 5.41) is 7.42. The molecule has 0 radical (unpaired) electrons. The number of rotatable bonds is 8. The molecule has 7 heteroatoms. The van der Waals surface area contributed by atoms with Gasteiger partial charge >= 0.3 is 0 Å². The first-order chi connectivity index (χ1) is 16.7. The van der Waals surface area contributed by atoms with Gasteiger partial charge in [0.2, 0.25) is 0 Å². The number of carbonyl (C=O) groups is 1. The van der Waals surface area contributed by atoms with Gasteiger partial charge in [-0.15, -0.1) is 11.3 Å². The quantitative estimate of drug-likeness (QED) is 0.296. The monoisotopic (exact) mass is 488 g/mol. The third kappa shape index (κ3) is 5.98. The van der Waals surface area contributed by atoms with Gasteiger partial charge in [-0.05, 0) is 54.7 Å². The van der Waals surface area contributed by atoms with Crippen molar-refractivity contribution in [2.45, 2.75) is 46.6 Å². The Morgan fingerprint density at radius 3 is 2.37 bits per heavy atom. The number of fused-ring (bicyclic) bond motifs is 1. The first kappa shape index (κ1) is 24.7.